The molecule has 0 radical (unpaired) electrons. The van der Waals surface area contributed by atoms with E-state index >= 15 is 0 Å². The van der Waals surface area contributed by atoms with Crippen LogP contribution in [0.1, 0.15) is 24.8 Å². The minimum absolute atomic E-state index is 0.0405. The van der Waals surface area contributed by atoms with Crippen LogP contribution in [-0.2, 0) is 11.2 Å². The third-order valence-electron chi connectivity index (χ3n) is 5.25. The van der Waals surface area contributed by atoms with E-state index in [2.05, 4.69) is 4.99 Å². The minimum atomic E-state index is -0.0405. The van der Waals surface area contributed by atoms with E-state index in [1.165, 1.54) is 0 Å². The van der Waals surface area contributed by atoms with E-state index < -0.39 is 0 Å². The average molecular weight is 385 g/mol. The number of aliphatic hydroxyl groups excluding tert-OH is 1. The van der Waals surface area contributed by atoms with Crippen LogP contribution >= 0.6 is 0 Å². The van der Waals surface area contributed by atoms with Gasteiger partial charge >= 0.3 is 0 Å². The van der Waals surface area contributed by atoms with E-state index in [1.807, 2.05) is 66.7 Å². The van der Waals surface area contributed by atoms with Crippen molar-refractivity contribution in [2.45, 2.75) is 25.7 Å². The highest BCUT2D eigenvalue weighted by atomic mass is 16.5. The average Bonchev–Trinajstić information content (AvgIpc) is 2.74. The molecule has 146 valence electrons. The maximum absolute atomic E-state index is 12.7. The summed E-state index contributed by atoms with van der Waals surface area (Å²) in [4.78, 5) is 17.3. The summed E-state index contributed by atoms with van der Waals surface area (Å²) >= 11 is 0. The van der Waals surface area contributed by atoms with Gasteiger partial charge in [0.2, 0.25) is 0 Å². The zero-order valence-electron chi connectivity index (χ0n) is 16.4. The number of ether oxygens (including phenoxy) is 1. The van der Waals surface area contributed by atoms with Crippen molar-refractivity contribution in [2.75, 3.05) is 7.11 Å². The summed E-state index contributed by atoms with van der Waals surface area (Å²) < 4.78 is 5.19. The van der Waals surface area contributed by atoms with Crippen LogP contribution in [0.3, 0.4) is 0 Å². The molecule has 0 bridgehead atoms. The number of methoxy groups -OCH3 is 1. The van der Waals surface area contributed by atoms with Gasteiger partial charge in [-0.25, -0.2) is 0 Å². The number of ketones is 1. The van der Waals surface area contributed by atoms with Crippen LogP contribution in [0, 0.1) is 0 Å². The number of hydrogen-bond acceptors (Lipinski definition) is 4. The van der Waals surface area contributed by atoms with Crippen LogP contribution in [0.5, 0.6) is 5.75 Å². The molecular formula is C25H23NO3. The second-order valence-corrected chi connectivity index (χ2v) is 7.17. The summed E-state index contributed by atoms with van der Waals surface area (Å²) in [6.45, 7) is 0. The van der Waals surface area contributed by atoms with E-state index in [1.54, 1.807) is 7.11 Å². The predicted octanol–water partition coefficient (Wildman–Crippen LogP) is 5.73. The van der Waals surface area contributed by atoms with Gasteiger partial charge in [-0.2, -0.15) is 0 Å². The van der Waals surface area contributed by atoms with Gasteiger partial charge in [-0.3, -0.25) is 9.79 Å². The van der Waals surface area contributed by atoms with Gasteiger partial charge in [0.05, 0.1) is 24.1 Å². The first-order chi connectivity index (χ1) is 14.2. The predicted molar refractivity (Wildman–Crippen MR) is 116 cm³/mol. The highest BCUT2D eigenvalue weighted by Gasteiger charge is 2.25. The fourth-order valence-electron chi connectivity index (χ4n) is 3.79. The van der Waals surface area contributed by atoms with Crippen molar-refractivity contribution in [3.63, 3.8) is 0 Å². The Morgan fingerprint density at radius 3 is 2.55 bits per heavy atom. The fraction of sp³-hybridized carbons (Fsp3) is 0.200. The number of carbonyl (C=O) groups excluding carboxylic acids is 1. The first-order valence-electron chi connectivity index (χ1n) is 9.79. The number of carbonyl (C=O) groups is 1. The first kappa shape index (κ1) is 18.9. The Morgan fingerprint density at radius 1 is 1.00 bits per heavy atom. The van der Waals surface area contributed by atoms with Gasteiger partial charge in [-0.05, 0) is 53.4 Å². The number of aliphatic imine (C=N–C) groups is 1. The van der Waals surface area contributed by atoms with Gasteiger partial charge in [0.15, 0.2) is 5.78 Å². The lowest BCUT2D eigenvalue weighted by atomic mass is 9.88. The largest absolute Gasteiger partial charge is 0.511 e. The Bertz CT molecular complexity index is 1110. The smallest absolute Gasteiger partial charge is 0.168 e. The highest BCUT2D eigenvalue weighted by molar-refractivity contribution is 6.24. The van der Waals surface area contributed by atoms with Crippen molar-refractivity contribution in [2.24, 2.45) is 4.99 Å². The Morgan fingerprint density at radius 2 is 1.76 bits per heavy atom. The quantitative estimate of drug-likeness (QED) is 0.461. The topological polar surface area (TPSA) is 58.9 Å². The molecule has 1 fully saturated rings. The maximum Gasteiger partial charge on any atom is 0.168 e. The summed E-state index contributed by atoms with van der Waals surface area (Å²) in [6, 6.07) is 21.5. The summed E-state index contributed by atoms with van der Waals surface area (Å²) in [6.07, 6.45) is 2.17. The van der Waals surface area contributed by atoms with Gasteiger partial charge in [-0.1, -0.05) is 42.5 Å². The lowest BCUT2D eigenvalue weighted by molar-refractivity contribution is -0.115. The van der Waals surface area contributed by atoms with Gasteiger partial charge in [0.25, 0.3) is 0 Å². The number of Topliss-reactive ketones (excluding diaryl/α,β-unsaturated/α-hetero) is 1. The molecule has 0 atom stereocenters. The molecule has 1 aliphatic rings. The van der Waals surface area contributed by atoms with Crippen molar-refractivity contribution in [1.29, 1.82) is 0 Å². The van der Waals surface area contributed by atoms with E-state index in [0.717, 1.165) is 34.2 Å². The molecule has 0 aliphatic heterocycles. The second kappa shape index (κ2) is 8.31. The molecule has 4 rings (SSSR count). The SMILES string of the molecule is COc1ccc(N=C2CCCC(=O)/C2=C(\O)Cc2cccc3ccccc23)cc1. The molecule has 29 heavy (non-hydrogen) atoms. The molecule has 3 aromatic rings. The van der Waals surface area contributed by atoms with Crippen LogP contribution in [0.2, 0.25) is 0 Å². The normalized spacial score (nSPS) is 17.6. The molecule has 0 unspecified atom stereocenters. The van der Waals surface area contributed by atoms with Crippen LogP contribution < -0.4 is 4.74 Å². The first-order valence-corrected chi connectivity index (χ1v) is 9.79. The number of benzene rings is 3. The zero-order valence-corrected chi connectivity index (χ0v) is 16.4. The fourth-order valence-corrected chi connectivity index (χ4v) is 3.79. The van der Waals surface area contributed by atoms with E-state index in [-0.39, 0.29) is 11.5 Å². The second-order valence-electron chi connectivity index (χ2n) is 7.17. The number of nitrogens with zero attached hydrogens (tertiary/aromatic N) is 1. The molecule has 0 aromatic heterocycles. The van der Waals surface area contributed by atoms with Crippen LogP contribution in [0.15, 0.2) is 83.1 Å². The third-order valence-corrected chi connectivity index (χ3v) is 5.25. The molecule has 1 aliphatic carbocycles. The molecule has 0 spiro atoms. The van der Waals surface area contributed by atoms with Crippen molar-refractivity contribution in [3.05, 3.63) is 83.6 Å². The number of hydrogen-bond donors (Lipinski definition) is 1. The van der Waals surface area contributed by atoms with E-state index in [4.69, 9.17) is 4.74 Å². The molecule has 4 nitrogen and oxygen atoms in total. The van der Waals surface area contributed by atoms with Crippen LogP contribution in [-0.4, -0.2) is 23.7 Å². The van der Waals surface area contributed by atoms with Crippen molar-refractivity contribution in [3.8, 4) is 5.75 Å². The van der Waals surface area contributed by atoms with Gasteiger partial charge < -0.3 is 9.84 Å². The molecular weight excluding hydrogens is 362 g/mol. The summed E-state index contributed by atoms with van der Waals surface area (Å²) in [7, 11) is 1.62. The van der Waals surface area contributed by atoms with Crippen molar-refractivity contribution < 1.29 is 14.6 Å². The van der Waals surface area contributed by atoms with Crippen LogP contribution in [0.4, 0.5) is 5.69 Å². The monoisotopic (exact) mass is 385 g/mol. The zero-order chi connectivity index (χ0) is 20.2. The van der Waals surface area contributed by atoms with Gasteiger partial charge in [-0.15, -0.1) is 0 Å². The Hall–Kier alpha value is -3.40. The molecule has 0 heterocycles. The Kier molecular flexibility index (Phi) is 5.43. The van der Waals surface area contributed by atoms with E-state index in [0.29, 0.717) is 30.5 Å². The lowest BCUT2D eigenvalue weighted by Gasteiger charge is -2.18. The number of rotatable bonds is 4. The summed E-state index contributed by atoms with van der Waals surface area (Å²) in [5.74, 6) is 0.808. The van der Waals surface area contributed by atoms with Gasteiger partial charge in [0.1, 0.15) is 11.5 Å². The lowest BCUT2D eigenvalue weighted by Crippen LogP contribution is -2.21. The van der Waals surface area contributed by atoms with Crippen molar-refractivity contribution >= 4 is 28.0 Å². The highest BCUT2D eigenvalue weighted by Crippen LogP contribution is 2.28. The maximum atomic E-state index is 12.7. The molecule has 4 heteroatoms. The molecule has 0 saturated heterocycles. The van der Waals surface area contributed by atoms with Crippen molar-refractivity contribution in [1.82, 2.24) is 0 Å². The molecule has 0 amide bonds. The number of allylic oxidation sites excluding steroid dienone is 2. The van der Waals surface area contributed by atoms with Gasteiger partial charge in [0, 0.05) is 12.8 Å². The Balaban J connectivity index is 1.72. The molecule has 3 aromatic carbocycles. The summed E-state index contributed by atoms with van der Waals surface area (Å²) in [5.41, 5.74) is 2.77. The summed E-state index contributed by atoms with van der Waals surface area (Å²) in [5, 5.41) is 13.1. The number of aliphatic hydroxyl groups is 1. The van der Waals surface area contributed by atoms with E-state index in [9.17, 15) is 9.90 Å². The molecule has 1 N–H and O–H groups in total. The minimum Gasteiger partial charge on any atom is -0.511 e. The van der Waals surface area contributed by atoms with Crippen LogP contribution in [0.25, 0.3) is 10.8 Å². The number of fused-ring (bicyclic) bond motifs is 1. The third kappa shape index (κ3) is 4.06. The molecule has 1 saturated carbocycles. The Labute approximate surface area is 170 Å². The standard InChI is InChI=1S/C25H23NO3/c1-29-20-14-12-19(13-15-20)26-22-10-5-11-23(27)25(22)24(28)16-18-8-4-7-17-6-2-3-9-21(17)18/h2-4,6-9,12-15,28H,5,10-11,16H2,1H3/b25-24-,26-22?.